The lowest BCUT2D eigenvalue weighted by Gasteiger charge is -2.07. The van der Waals surface area contributed by atoms with E-state index in [1.54, 1.807) is 17.5 Å². The predicted octanol–water partition coefficient (Wildman–Crippen LogP) is 3.87. The van der Waals surface area contributed by atoms with E-state index >= 15 is 0 Å². The van der Waals surface area contributed by atoms with E-state index in [1.165, 1.54) is 11.8 Å². The summed E-state index contributed by atoms with van der Waals surface area (Å²) in [5.41, 5.74) is 2.05. The van der Waals surface area contributed by atoms with Gasteiger partial charge in [-0.05, 0) is 11.8 Å². The highest BCUT2D eigenvalue weighted by Crippen LogP contribution is 2.37. The fraction of sp³-hybridized carbons (Fsp3) is 0.133. The van der Waals surface area contributed by atoms with Crippen LogP contribution in [0.1, 0.15) is 5.56 Å². The molecule has 4 rings (SSSR count). The lowest BCUT2D eigenvalue weighted by atomic mass is 10.2. The van der Waals surface area contributed by atoms with Gasteiger partial charge in [0.05, 0.1) is 21.8 Å². The second-order valence-electron chi connectivity index (χ2n) is 4.68. The second-order valence-corrected chi connectivity index (χ2v) is 6.49. The van der Waals surface area contributed by atoms with Crippen LogP contribution in [0.25, 0.3) is 20.4 Å². The van der Waals surface area contributed by atoms with Crippen LogP contribution in [-0.2, 0) is 6.61 Å². The van der Waals surface area contributed by atoms with Crippen molar-refractivity contribution in [1.82, 2.24) is 20.2 Å². The maximum Gasteiger partial charge on any atom is 0.228 e. The topological polar surface area (TPSA) is 63.7 Å². The van der Waals surface area contributed by atoms with Gasteiger partial charge in [0.25, 0.3) is 0 Å². The predicted molar refractivity (Wildman–Crippen MR) is 89.6 cm³/mol. The first-order chi connectivity index (χ1) is 10.8. The first-order valence-corrected chi connectivity index (χ1v) is 8.73. The number of hydrogen-bond donors (Lipinski definition) is 1. The molecule has 1 N–H and O–H groups in total. The Bertz CT molecular complexity index is 933. The molecule has 0 saturated carbocycles. The largest absolute Gasteiger partial charge is 0.472 e. The molecule has 110 valence electrons. The van der Waals surface area contributed by atoms with Crippen molar-refractivity contribution in [3.05, 3.63) is 42.1 Å². The number of thiophene rings is 1. The normalized spacial score (nSPS) is 11.3. The minimum atomic E-state index is 0.478. The van der Waals surface area contributed by atoms with E-state index in [9.17, 15) is 0 Å². The Hall–Kier alpha value is -2.12. The van der Waals surface area contributed by atoms with Gasteiger partial charge in [-0.2, -0.15) is 10.1 Å². The molecule has 0 aliphatic carbocycles. The second kappa shape index (κ2) is 5.58. The number of thioether (sulfide) groups is 1. The van der Waals surface area contributed by atoms with E-state index in [4.69, 9.17) is 4.74 Å². The summed E-state index contributed by atoms with van der Waals surface area (Å²) < 4.78 is 7.04. The number of ether oxygens (including phenoxy) is 1. The molecule has 0 saturated heterocycles. The minimum Gasteiger partial charge on any atom is -0.472 e. The summed E-state index contributed by atoms with van der Waals surface area (Å²) in [7, 11) is 0. The number of aromatic amines is 1. The van der Waals surface area contributed by atoms with Crippen LogP contribution in [-0.4, -0.2) is 26.4 Å². The lowest BCUT2D eigenvalue weighted by Crippen LogP contribution is -1.99. The smallest absolute Gasteiger partial charge is 0.228 e. The summed E-state index contributed by atoms with van der Waals surface area (Å²) in [4.78, 5) is 10.0. The molecule has 0 atom stereocenters. The van der Waals surface area contributed by atoms with Crippen molar-refractivity contribution in [2.24, 2.45) is 0 Å². The molecule has 1 aromatic carbocycles. The van der Waals surface area contributed by atoms with Crippen LogP contribution >= 0.6 is 23.1 Å². The third-order valence-electron chi connectivity index (χ3n) is 3.28. The molecule has 0 unspecified atom stereocenters. The highest BCUT2D eigenvalue weighted by molar-refractivity contribution is 7.98. The fourth-order valence-corrected chi connectivity index (χ4v) is 3.65. The van der Waals surface area contributed by atoms with Crippen molar-refractivity contribution in [1.29, 1.82) is 0 Å². The molecule has 5 nitrogen and oxygen atoms in total. The van der Waals surface area contributed by atoms with Gasteiger partial charge in [0, 0.05) is 0 Å². The molecule has 0 bridgehead atoms. The van der Waals surface area contributed by atoms with Gasteiger partial charge in [-0.3, -0.25) is 5.10 Å². The van der Waals surface area contributed by atoms with Gasteiger partial charge < -0.3 is 4.74 Å². The van der Waals surface area contributed by atoms with Gasteiger partial charge in [-0.1, -0.05) is 42.1 Å². The van der Waals surface area contributed by atoms with Crippen LogP contribution in [0, 0.1) is 0 Å². The maximum absolute atomic E-state index is 5.98. The van der Waals surface area contributed by atoms with E-state index in [2.05, 4.69) is 20.2 Å². The molecule has 0 amide bonds. The first-order valence-electron chi connectivity index (χ1n) is 6.69. The zero-order valence-electron chi connectivity index (χ0n) is 11.7. The van der Waals surface area contributed by atoms with Crippen molar-refractivity contribution in [3.8, 4) is 5.88 Å². The third-order valence-corrected chi connectivity index (χ3v) is 4.85. The molecule has 0 aliphatic heterocycles. The molecule has 22 heavy (non-hydrogen) atoms. The van der Waals surface area contributed by atoms with Crippen LogP contribution in [0.5, 0.6) is 5.88 Å². The van der Waals surface area contributed by atoms with Gasteiger partial charge in [-0.15, -0.1) is 11.3 Å². The number of aromatic nitrogens is 4. The Labute approximate surface area is 134 Å². The minimum absolute atomic E-state index is 0.478. The molecular formula is C15H12N4OS2. The molecule has 3 heterocycles. The summed E-state index contributed by atoms with van der Waals surface area (Å²) in [6, 6.07) is 10.1. The third kappa shape index (κ3) is 2.32. The molecule has 0 fully saturated rings. The Balaban J connectivity index is 1.80. The number of rotatable bonds is 4. The van der Waals surface area contributed by atoms with Gasteiger partial charge in [0.2, 0.25) is 5.88 Å². The number of H-pyrrole nitrogens is 1. The maximum atomic E-state index is 5.98. The van der Waals surface area contributed by atoms with E-state index in [1.807, 2.05) is 36.6 Å². The fourth-order valence-electron chi connectivity index (χ4n) is 2.25. The standard InChI is InChI=1S/C15H12N4OS2/c1-21-15-17-13(20-8-9-5-3-2-4-6-9)11-12-10(7-16-19-12)22-14(11)18-15/h2-7H,8H2,1H3,(H,16,19). The van der Waals surface area contributed by atoms with Gasteiger partial charge in [0.15, 0.2) is 5.16 Å². The molecule has 7 heteroatoms. The number of fused-ring (bicyclic) bond motifs is 3. The quantitative estimate of drug-likeness (QED) is 0.455. The molecule has 3 aromatic heterocycles. The SMILES string of the molecule is CSc1nc(OCc2ccccc2)c2c(n1)sc1cn[nH]c12. The summed E-state index contributed by atoms with van der Waals surface area (Å²) >= 11 is 3.11. The lowest BCUT2D eigenvalue weighted by molar-refractivity contribution is 0.295. The van der Waals surface area contributed by atoms with Crippen LogP contribution in [0.2, 0.25) is 0 Å². The summed E-state index contributed by atoms with van der Waals surface area (Å²) in [5, 5.41) is 8.72. The van der Waals surface area contributed by atoms with E-state index in [0.29, 0.717) is 17.6 Å². The molecular weight excluding hydrogens is 316 g/mol. The molecule has 0 aliphatic rings. The zero-order valence-corrected chi connectivity index (χ0v) is 13.4. The molecule has 0 spiro atoms. The van der Waals surface area contributed by atoms with Crippen LogP contribution < -0.4 is 4.74 Å². The van der Waals surface area contributed by atoms with E-state index in [-0.39, 0.29) is 0 Å². The van der Waals surface area contributed by atoms with Crippen molar-refractivity contribution >= 4 is 43.5 Å². The van der Waals surface area contributed by atoms with E-state index < -0.39 is 0 Å². The van der Waals surface area contributed by atoms with Crippen molar-refractivity contribution in [2.75, 3.05) is 6.26 Å². The molecule has 4 aromatic rings. The Morgan fingerprint density at radius 1 is 1.23 bits per heavy atom. The van der Waals surface area contributed by atoms with Crippen molar-refractivity contribution in [3.63, 3.8) is 0 Å². The van der Waals surface area contributed by atoms with Gasteiger partial charge in [-0.25, -0.2) is 4.98 Å². The number of nitrogens with zero attached hydrogens (tertiary/aromatic N) is 3. The molecule has 0 radical (unpaired) electrons. The van der Waals surface area contributed by atoms with Crippen molar-refractivity contribution in [2.45, 2.75) is 11.8 Å². The Morgan fingerprint density at radius 3 is 2.91 bits per heavy atom. The van der Waals surface area contributed by atoms with E-state index in [0.717, 1.165) is 26.0 Å². The Kier molecular flexibility index (Phi) is 3.44. The van der Waals surface area contributed by atoms with Crippen molar-refractivity contribution < 1.29 is 4.74 Å². The number of hydrogen-bond acceptors (Lipinski definition) is 6. The number of benzene rings is 1. The Morgan fingerprint density at radius 2 is 2.09 bits per heavy atom. The van der Waals surface area contributed by atoms with Crippen LogP contribution in [0.3, 0.4) is 0 Å². The monoisotopic (exact) mass is 328 g/mol. The van der Waals surface area contributed by atoms with Gasteiger partial charge >= 0.3 is 0 Å². The summed E-state index contributed by atoms with van der Waals surface area (Å²) in [5.74, 6) is 0.605. The average molecular weight is 328 g/mol. The average Bonchev–Trinajstić information content (AvgIpc) is 3.13. The highest BCUT2D eigenvalue weighted by atomic mass is 32.2. The highest BCUT2D eigenvalue weighted by Gasteiger charge is 2.16. The summed E-state index contributed by atoms with van der Waals surface area (Å²) in [6.07, 6.45) is 3.77. The van der Waals surface area contributed by atoms with Crippen LogP contribution in [0.15, 0.2) is 41.7 Å². The summed E-state index contributed by atoms with van der Waals surface area (Å²) in [6.45, 7) is 0.478. The first kappa shape index (κ1) is 13.5. The zero-order chi connectivity index (χ0) is 14.9. The van der Waals surface area contributed by atoms with Crippen LogP contribution in [0.4, 0.5) is 0 Å². The van der Waals surface area contributed by atoms with Gasteiger partial charge in [0.1, 0.15) is 11.4 Å². The number of nitrogens with one attached hydrogen (secondary N) is 1.